The lowest BCUT2D eigenvalue weighted by Gasteiger charge is -2.44. The number of carbonyl (C=O) groups excluding carboxylic acids is 2. The number of halogens is 17. The lowest BCUT2D eigenvalue weighted by atomic mass is 9.88. The van der Waals surface area contributed by atoms with Crippen molar-refractivity contribution in [3.8, 4) is 11.5 Å². The van der Waals surface area contributed by atoms with Crippen LogP contribution in [0.5, 0.6) is 11.5 Å². The van der Waals surface area contributed by atoms with Crippen molar-refractivity contribution in [2.45, 2.75) is 118 Å². The summed E-state index contributed by atoms with van der Waals surface area (Å²) in [7, 11) is -2.57. The number of esters is 1. The molecule has 2 rings (SSSR count). The van der Waals surface area contributed by atoms with E-state index in [1.807, 2.05) is 0 Å². The van der Waals surface area contributed by atoms with Gasteiger partial charge in [-0.15, -0.1) is 0 Å². The van der Waals surface area contributed by atoms with Gasteiger partial charge < -0.3 is 23.4 Å². The van der Waals surface area contributed by atoms with Crippen molar-refractivity contribution in [2.24, 2.45) is 0 Å². The highest BCUT2D eigenvalue weighted by molar-refractivity contribution is 6.76. The van der Waals surface area contributed by atoms with Gasteiger partial charge in [-0.3, -0.25) is 5.32 Å². The first-order valence-corrected chi connectivity index (χ1v) is 22.0. The molecule has 0 saturated carbocycles. The van der Waals surface area contributed by atoms with Gasteiger partial charge >= 0.3 is 59.7 Å². The molecule has 67 heavy (non-hydrogen) atoms. The summed E-state index contributed by atoms with van der Waals surface area (Å²) >= 11 is 0. The molecule has 8 nitrogen and oxygen atoms in total. The van der Waals surface area contributed by atoms with E-state index in [4.69, 9.17) is 23.4 Å². The summed E-state index contributed by atoms with van der Waals surface area (Å²) in [5.74, 6) is -56.8. The second-order valence-electron chi connectivity index (χ2n) is 15.2. The molecule has 0 aliphatic rings. The van der Waals surface area contributed by atoms with E-state index < -0.39 is 111 Å². The number of methoxy groups -OCH3 is 1. The number of anilines is 1. The van der Waals surface area contributed by atoms with Crippen LogP contribution in [0.3, 0.4) is 0 Å². The Labute approximate surface area is 373 Å². The molecule has 0 aliphatic heterocycles. The smallest absolute Gasteiger partial charge is 0.460 e. The van der Waals surface area contributed by atoms with E-state index in [1.165, 1.54) is 71.2 Å². The van der Waals surface area contributed by atoms with Gasteiger partial charge in [0.2, 0.25) is 0 Å². The van der Waals surface area contributed by atoms with Crippen molar-refractivity contribution in [1.29, 1.82) is 0 Å². The van der Waals surface area contributed by atoms with E-state index in [9.17, 15) is 75.4 Å². The monoisotopic (exact) mass is 1020 g/mol. The first-order valence-electron chi connectivity index (χ1n) is 19.7. The van der Waals surface area contributed by atoms with E-state index in [1.54, 1.807) is 37.3 Å². The Morgan fingerprint density at radius 3 is 1.63 bits per heavy atom. The number of hydrogen-bond donors (Lipinski definition) is 1. The average Bonchev–Trinajstić information content (AvgIpc) is 3.22. The molecule has 0 spiro atoms. The molecule has 380 valence electrons. The fraction of sp³-hybridized carbons (Fsp3) is 0.561. The summed E-state index contributed by atoms with van der Waals surface area (Å²) in [4.78, 5) is 24.4. The number of rotatable bonds is 25. The van der Waals surface area contributed by atoms with Gasteiger partial charge in [0.15, 0.2) is 8.32 Å². The zero-order valence-electron chi connectivity index (χ0n) is 36.2. The van der Waals surface area contributed by atoms with Gasteiger partial charge in [0, 0.05) is 24.6 Å². The molecule has 0 heterocycles. The average molecular weight is 1020 g/mol. The van der Waals surface area contributed by atoms with Gasteiger partial charge in [0.25, 0.3) is 0 Å². The minimum atomic E-state index is -8.70. The predicted octanol–water partition coefficient (Wildman–Crippen LogP) is 13.6. The molecule has 0 bridgehead atoms. The van der Waals surface area contributed by atoms with E-state index >= 15 is 8.78 Å². The number of benzene rings is 2. The summed E-state index contributed by atoms with van der Waals surface area (Å²) in [5, 5.41) is 2.55. The van der Waals surface area contributed by atoms with Gasteiger partial charge in [-0.1, -0.05) is 58.1 Å². The number of carbonyl (C=O) groups is 2. The van der Waals surface area contributed by atoms with Crippen molar-refractivity contribution in [3.63, 3.8) is 0 Å². The zero-order chi connectivity index (χ0) is 51.7. The van der Waals surface area contributed by atoms with Crippen LogP contribution in [-0.2, 0) is 18.7 Å². The molecule has 0 radical (unpaired) electrons. The summed E-state index contributed by atoms with van der Waals surface area (Å²) in [6.07, 6.45) is -6.53. The van der Waals surface area contributed by atoms with Crippen LogP contribution >= 0.6 is 0 Å². The molecule has 0 saturated heterocycles. The number of hydrogen-bond acceptors (Lipinski definition) is 7. The summed E-state index contributed by atoms with van der Waals surface area (Å²) in [5.41, 5.74) is -1.01. The molecule has 1 N–H and O–H groups in total. The van der Waals surface area contributed by atoms with Crippen molar-refractivity contribution in [2.75, 3.05) is 32.2 Å². The minimum Gasteiger partial charge on any atom is -0.497 e. The second-order valence-corrected chi connectivity index (χ2v) is 20.2. The van der Waals surface area contributed by atoms with Gasteiger partial charge in [0.1, 0.15) is 24.2 Å². The highest BCUT2D eigenvalue weighted by Crippen LogP contribution is 2.64. The van der Waals surface area contributed by atoms with E-state index in [0.29, 0.717) is 17.0 Å². The topological polar surface area (TPSA) is 92.3 Å². The number of ether oxygens (including phenoxy) is 4. The Morgan fingerprint density at radius 2 is 1.15 bits per heavy atom. The maximum Gasteiger partial charge on any atom is 0.460 e. The highest BCUT2D eigenvalue weighted by Gasteiger charge is 2.95. The minimum absolute atomic E-state index is 0.0721. The molecule has 1 amide bonds. The van der Waals surface area contributed by atoms with E-state index in [0.717, 1.165) is 6.08 Å². The highest BCUT2D eigenvalue weighted by atomic mass is 28.4. The van der Waals surface area contributed by atoms with Crippen LogP contribution in [0.15, 0.2) is 72.8 Å². The van der Waals surface area contributed by atoms with Crippen molar-refractivity contribution in [3.05, 3.63) is 78.4 Å². The van der Waals surface area contributed by atoms with Crippen LogP contribution in [0.25, 0.3) is 0 Å². The summed E-state index contributed by atoms with van der Waals surface area (Å²) in [6.45, 7) is 6.08. The normalized spacial score (nSPS) is 14.5. The molecule has 26 heteroatoms. The fourth-order valence-corrected chi connectivity index (χ4v) is 10.8. The van der Waals surface area contributed by atoms with Crippen LogP contribution in [0.4, 0.5) is 85.1 Å². The Balaban J connectivity index is 2.27. The number of alkyl halides is 17. The lowest BCUT2D eigenvalue weighted by Crippen LogP contribution is -2.74. The van der Waals surface area contributed by atoms with Crippen LogP contribution in [0.2, 0.25) is 17.1 Å². The quantitative estimate of drug-likeness (QED) is 0.0264. The molecule has 2 aromatic rings. The van der Waals surface area contributed by atoms with Crippen molar-refractivity contribution < 1.29 is 108 Å². The SMILES string of the molecule is CCOC(=O)/C=C/C=C/C[C@H](OC(=O)Nc1ccc(OC)cc1)c1ccc(OCCO[Si](CCC(F)(F)C(F)(F)C(F)(F)C(F)(F)C(F)(F)C(F)(F)C(F)(F)C(F)(F)F)(C(C)C)C(C)C)cc1. The number of nitrogens with one attached hydrogen (secondary N) is 1. The van der Waals surface area contributed by atoms with Crippen LogP contribution < -0.4 is 14.8 Å². The Hall–Kier alpha value is -4.75. The van der Waals surface area contributed by atoms with E-state index in [2.05, 4.69) is 5.32 Å². The molecule has 0 fully saturated rings. The predicted molar refractivity (Wildman–Crippen MR) is 209 cm³/mol. The lowest BCUT2D eigenvalue weighted by molar-refractivity contribution is -0.461. The maximum absolute atomic E-state index is 15.0. The second kappa shape index (κ2) is 22.1. The van der Waals surface area contributed by atoms with E-state index in [-0.39, 0.29) is 18.8 Å². The largest absolute Gasteiger partial charge is 0.497 e. The molecule has 1 atom stereocenters. The first kappa shape index (κ1) is 58.4. The Morgan fingerprint density at radius 1 is 0.657 bits per heavy atom. The van der Waals surface area contributed by atoms with Gasteiger partial charge in [0.05, 0.1) is 20.3 Å². The fourth-order valence-electron chi connectivity index (χ4n) is 6.33. The van der Waals surface area contributed by atoms with Gasteiger partial charge in [-0.05, 0) is 66.0 Å². The van der Waals surface area contributed by atoms with Crippen LogP contribution in [-0.4, -0.2) is 94.9 Å². The molecular formula is C41H46F17NO7Si. The summed E-state index contributed by atoms with van der Waals surface area (Å²) < 4.78 is 263. The number of amides is 1. The summed E-state index contributed by atoms with van der Waals surface area (Å²) in [6, 6.07) is 10.7. The van der Waals surface area contributed by atoms with Crippen molar-refractivity contribution in [1.82, 2.24) is 0 Å². The third kappa shape index (κ3) is 12.7. The van der Waals surface area contributed by atoms with Gasteiger partial charge in [-0.2, -0.15) is 74.6 Å². The third-order valence-electron chi connectivity index (χ3n) is 10.2. The molecular weight excluding hydrogens is 970 g/mol. The van der Waals surface area contributed by atoms with Crippen LogP contribution in [0, 0.1) is 0 Å². The Bertz CT molecular complexity index is 1970. The molecule has 0 unspecified atom stereocenters. The third-order valence-corrected chi connectivity index (χ3v) is 15.9. The van der Waals surface area contributed by atoms with Gasteiger partial charge in [-0.25, -0.2) is 9.59 Å². The molecule has 2 aromatic carbocycles. The van der Waals surface area contributed by atoms with Crippen LogP contribution in [0.1, 0.15) is 59.1 Å². The molecule has 0 aliphatic carbocycles. The standard InChI is InChI=1S/C41H46F17NO7Si/c1-7-63-32(60)12-10-8-9-11-31(66-33(61)59-28-15-19-29(62-6)20-16-28)27-13-17-30(18-14-27)64-22-23-65-67(25(2)3,26(4)5)24-21-34(42,43)35(44,45)36(46,47)37(48,49)38(50,51)39(52,53)40(54,55)41(56,57)58/h8-10,12-20,25-26,31H,7,11,21-24H2,1-6H3,(H,59,61)/b9-8+,12-10+/t31-/m0/s1. The number of allylic oxidation sites excluding steroid dienone is 2. The molecule has 0 aromatic heterocycles. The Kier molecular flexibility index (Phi) is 19.3. The zero-order valence-corrected chi connectivity index (χ0v) is 37.2. The first-order chi connectivity index (χ1) is 30.5. The maximum atomic E-state index is 15.0. The van der Waals surface area contributed by atoms with Crippen molar-refractivity contribution >= 4 is 26.1 Å².